The molecule has 0 bridgehead atoms. The van der Waals surface area contributed by atoms with Gasteiger partial charge in [0, 0.05) is 36.8 Å². The minimum absolute atomic E-state index is 0.492. The molecule has 3 rings (SSSR count). The Morgan fingerprint density at radius 1 is 1.27 bits per heavy atom. The second kappa shape index (κ2) is 7.16. The molecule has 3 N–H and O–H groups in total. The Balaban J connectivity index is 1.57. The highest BCUT2D eigenvalue weighted by Crippen LogP contribution is 2.15. The fraction of sp³-hybridized carbons (Fsp3) is 0.389. The predicted molar refractivity (Wildman–Crippen MR) is 93.3 cm³/mol. The third-order valence-corrected chi connectivity index (χ3v) is 3.93. The average molecular weight is 296 g/mol. The highest BCUT2D eigenvalue weighted by atomic mass is 15.2. The van der Waals surface area contributed by atoms with E-state index in [-0.39, 0.29) is 0 Å². The van der Waals surface area contributed by atoms with Crippen LogP contribution in [0.2, 0.25) is 0 Å². The van der Waals surface area contributed by atoms with Gasteiger partial charge in [-0.25, -0.2) is 0 Å². The van der Waals surface area contributed by atoms with Crippen molar-refractivity contribution >= 4 is 16.9 Å². The van der Waals surface area contributed by atoms with Crippen molar-refractivity contribution in [3.63, 3.8) is 0 Å². The zero-order valence-corrected chi connectivity index (χ0v) is 13.1. The minimum atomic E-state index is 0.492. The fourth-order valence-corrected chi connectivity index (χ4v) is 2.80. The number of para-hydroxylation sites is 1. The molecule has 1 aliphatic rings. The molecule has 0 saturated carbocycles. The number of nitrogens with one attached hydrogen (secondary N) is 3. The van der Waals surface area contributed by atoms with Crippen LogP contribution in [0.3, 0.4) is 0 Å². The van der Waals surface area contributed by atoms with E-state index in [9.17, 15) is 0 Å². The molecule has 0 saturated heterocycles. The number of benzene rings is 1. The molecule has 1 aliphatic carbocycles. The molecule has 2 aromatic rings. The van der Waals surface area contributed by atoms with Gasteiger partial charge < -0.3 is 15.6 Å². The number of aliphatic imine (C=N–C) groups is 1. The topological polar surface area (TPSA) is 52.2 Å². The van der Waals surface area contributed by atoms with E-state index in [0.29, 0.717) is 6.04 Å². The molecule has 0 fully saturated rings. The van der Waals surface area contributed by atoms with Gasteiger partial charge in [-0.05, 0) is 37.3 Å². The minimum Gasteiger partial charge on any atom is -0.358 e. The maximum Gasteiger partial charge on any atom is 0.191 e. The Kier molecular flexibility index (Phi) is 4.78. The summed E-state index contributed by atoms with van der Waals surface area (Å²) in [7, 11) is 0. The van der Waals surface area contributed by atoms with Gasteiger partial charge in [0.1, 0.15) is 0 Å². The van der Waals surface area contributed by atoms with E-state index in [1.54, 1.807) is 0 Å². The van der Waals surface area contributed by atoms with Crippen LogP contribution in [0.1, 0.15) is 25.5 Å². The zero-order valence-electron chi connectivity index (χ0n) is 13.1. The van der Waals surface area contributed by atoms with Gasteiger partial charge >= 0.3 is 0 Å². The molecule has 4 heteroatoms. The van der Waals surface area contributed by atoms with E-state index < -0.39 is 0 Å². The first-order valence-electron chi connectivity index (χ1n) is 8.11. The van der Waals surface area contributed by atoms with Crippen LogP contribution in [0.25, 0.3) is 10.9 Å². The van der Waals surface area contributed by atoms with Crippen molar-refractivity contribution in [3.05, 3.63) is 48.2 Å². The second-order valence-corrected chi connectivity index (χ2v) is 5.68. The highest BCUT2D eigenvalue weighted by molar-refractivity contribution is 5.81. The van der Waals surface area contributed by atoms with Crippen molar-refractivity contribution < 1.29 is 0 Å². The number of hydrogen-bond donors (Lipinski definition) is 3. The largest absolute Gasteiger partial charge is 0.358 e. The van der Waals surface area contributed by atoms with Crippen LogP contribution in [0.4, 0.5) is 0 Å². The Morgan fingerprint density at radius 2 is 2.09 bits per heavy atom. The van der Waals surface area contributed by atoms with Crippen molar-refractivity contribution in [3.8, 4) is 0 Å². The Morgan fingerprint density at radius 3 is 2.86 bits per heavy atom. The van der Waals surface area contributed by atoms with Crippen LogP contribution >= 0.6 is 0 Å². The molecule has 1 heterocycles. The summed E-state index contributed by atoms with van der Waals surface area (Å²) in [6.45, 7) is 3.77. The van der Waals surface area contributed by atoms with Gasteiger partial charge in [-0.15, -0.1) is 0 Å². The Hall–Kier alpha value is -2.23. The third kappa shape index (κ3) is 3.70. The standard InChI is InChI=1S/C18H24N4/c1-2-19-18(22-15-8-4-5-9-15)20-12-11-16-13-14-7-3-6-10-17(14)21-16/h3-7,10,13,15,21H,2,8-9,11-12H2,1H3,(H2,19,20,22). The van der Waals surface area contributed by atoms with E-state index in [0.717, 1.165) is 38.3 Å². The van der Waals surface area contributed by atoms with E-state index in [2.05, 4.69) is 70.0 Å². The lowest BCUT2D eigenvalue weighted by Gasteiger charge is -2.16. The lowest BCUT2D eigenvalue weighted by molar-refractivity contribution is 0.633. The van der Waals surface area contributed by atoms with E-state index in [1.807, 2.05) is 0 Å². The number of fused-ring (bicyclic) bond motifs is 1. The number of aromatic amines is 1. The van der Waals surface area contributed by atoms with Crippen molar-refractivity contribution in [2.45, 2.75) is 32.2 Å². The van der Waals surface area contributed by atoms with Crippen molar-refractivity contribution in [2.75, 3.05) is 13.1 Å². The van der Waals surface area contributed by atoms with E-state index in [4.69, 9.17) is 0 Å². The number of H-pyrrole nitrogens is 1. The smallest absolute Gasteiger partial charge is 0.191 e. The van der Waals surface area contributed by atoms with Crippen LogP contribution in [-0.4, -0.2) is 30.1 Å². The third-order valence-electron chi connectivity index (χ3n) is 3.93. The highest BCUT2D eigenvalue weighted by Gasteiger charge is 2.11. The molecule has 0 atom stereocenters. The molecule has 1 aromatic heterocycles. The molecular weight excluding hydrogens is 272 g/mol. The van der Waals surface area contributed by atoms with Crippen molar-refractivity contribution in [2.24, 2.45) is 4.99 Å². The number of aromatic nitrogens is 1. The zero-order chi connectivity index (χ0) is 15.2. The summed E-state index contributed by atoms with van der Waals surface area (Å²) in [4.78, 5) is 8.14. The summed E-state index contributed by atoms with van der Waals surface area (Å²) >= 11 is 0. The van der Waals surface area contributed by atoms with Gasteiger partial charge in [-0.1, -0.05) is 30.4 Å². The number of nitrogens with zero attached hydrogens (tertiary/aromatic N) is 1. The molecule has 4 nitrogen and oxygen atoms in total. The number of rotatable bonds is 5. The number of guanidine groups is 1. The summed E-state index contributed by atoms with van der Waals surface area (Å²) in [6, 6.07) is 11.1. The van der Waals surface area contributed by atoms with Gasteiger partial charge in [-0.2, -0.15) is 0 Å². The Bertz CT molecular complexity index is 628. The molecule has 0 radical (unpaired) electrons. The predicted octanol–water partition coefficient (Wildman–Crippen LogP) is 2.98. The lowest BCUT2D eigenvalue weighted by Crippen LogP contribution is -2.42. The summed E-state index contributed by atoms with van der Waals surface area (Å²) in [5.74, 6) is 0.923. The summed E-state index contributed by atoms with van der Waals surface area (Å²) in [6.07, 6.45) is 7.56. The maximum atomic E-state index is 4.69. The molecule has 0 aliphatic heterocycles. The normalized spacial score (nSPS) is 15.6. The van der Waals surface area contributed by atoms with Gasteiger partial charge in [-0.3, -0.25) is 4.99 Å². The van der Waals surface area contributed by atoms with Crippen LogP contribution in [0, 0.1) is 0 Å². The molecule has 0 spiro atoms. The molecule has 22 heavy (non-hydrogen) atoms. The molecule has 0 unspecified atom stereocenters. The quantitative estimate of drug-likeness (QED) is 0.451. The van der Waals surface area contributed by atoms with E-state index in [1.165, 1.54) is 16.6 Å². The van der Waals surface area contributed by atoms with Gasteiger partial charge in [0.05, 0.1) is 0 Å². The van der Waals surface area contributed by atoms with Crippen LogP contribution in [0.15, 0.2) is 47.5 Å². The first kappa shape index (κ1) is 14.7. The van der Waals surface area contributed by atoms with E-state index >= 15 is 0 Å². The van der Waals surface area contributed by atoms with Gasteiger partial charge in [0.15, 0.2) is 5.96 Å². The van der Waals surface area contributed by atoms with Crippen molar-refractivity contribution in [1.29, 1.82) is 0 Å². The van der Waals surface area contributed by atoms with Gasteiger partial charge in [0.2, 0.25) is 0 Å². The summed E-state index contributed by atoms with van der Waals surface area (Å²) < 4.78 is 0. The van der Waals surface area contributed by atoms with Crippen LogP contribution < -0.4 is 10.6 Å². The molecule has 1 aromatic carbocycles. The van der Waals surface area contributed by atoms with Crippen LogP contribution in [-0.2, 0) is 6.42 Å². The SMILES string of the molecule is CCNC(=NCCc1cc2ccccc2[nH]1)NC1CC=CC1. The van der Waals surface area contributed by atoms with Gasteiger partial charge in [0.25, 0.3) is 0 Å². The van der Waals surface area contributed by atoms with Crippen molar-refractivity contribution in [1.82, 2.24) is 15.6 Å². The summed E-state index contributed by atoms with van der Waals surface area (Å²) in [5.41, 5.74) is 2.44. The first-order valence-corrected chi connectivity index (χ1v) is 8.11. The first-order chi connectivity index (χ1) is 10.8. The summed E-state index contributed by atoms with van der Waals surface area (Å²) in [5, 5.41) is 8.09. The molecular formula is C18H24N4. The molecule has 0 amide bonds. The maximum absolute atomic E-state index is 4.69. The second-order valence-electron chi connectivity index (χ2n) is 5.68. The lowest BCUT2D eigenvalue weighted by atomic mass is 10.2. The van der Waals surface area contributed by atoms with Crippen LogP contribution in [0.5, 0.6) is 0 Å². The molecule has 116 valence electrons. The Labute approximate surface area is 131 Å². The monoisotopic (exact) mass is 296 g/mol. The average Bonchev–Trinajstić information content (AvgIpc) is 3.16. The fourth-order valence-electron chi connectivity index (χ4n) is 2.80. The number of hydrogen-bond acceptors (Lipinski definition) is 1.